The van der Waals surface area contributed by atoms with Crippen LogP contribution in [0.25, 0.3) is 0 Å². The minimum absolute atomic E-state index is 0.0941. The molecular weight excluding hydrogens is 258 g/mol. The van der Waals surface area contributed by atoms with Crippen LogP contribution in [-0.4, -0.2) is 49.1 Å². The summed E-state index contributed by atoms with van der Waals surface area (Å²) >= 11 is 0. The molecule has 1 amide bonds. The maximum atomic E-state index is 12.4. The number of halogens is 2. The van der Waals surface area contributed by atoms with Crippen molar-refractivity contribution in [2.75, 3.05) is 32.5 Å². The third kappa shape index (κ3) is 3.78. The van der Waals surface area contributed by atoms with Gasteiger partial charge in [0.25, 0.3) is 12.3 Å². The lowest BCUT2D eigenvalue weighted by atomic mass is 10.1. The third-order valence-electron chi connectivity index (χ3n) is 2.50. The standard InChI is InChI=1S/C12H16F2N2O3/c1-19-11-8(3-2-4-9(11)15)12(18)16(5-6-17)7-10(13)14/h2-4,10,17H,5-7,15H2,1H3. The zero-order valence-electron chi connectivity index (χ0n) is 10.5. The lowest BCUT2D eigenvalue weighted by Crippen LogP contribution is -2.37. The molecule has 0 aliphatic carbocycles. The predicted octanol–water partition coefficient (Wildman–Crippen LogP) is 0.977. The van der Waals surface area contributed by atoms with Gasteiger partial charge in [0.1, 0.15) is 0 Å². The smallest absolute Gasteiger partial charge is 0.257 e. The Morgan fingerprint density at radius 1 is 1.53 bits per heavy atom. The Morgan fingerprint density at radius 2 is 2.21 bits per heavy atom. The van der Waals surface area contributed by atoms with E-state index in [1.165, 1.54) is 19.2 Å². The van der Waals surface area contributed by atoms with Crippen LogP contribution in [0.3, 0.4) is 0 Å². The lowest BCUT2D eigenvalue weighted by Gasteiger charge is -2.22. The second-order valence-electron chi connectivity index (χ2n) is 3.79. The number of carbonyl (C=O) groups excluding carboxylic acids is 1. The van der Waals surface area contributed by atoms with Crippen molar-refractivity contribution in [3.63, 3.8) is 0 Å². The maximum absolute atomic E-state index is 12.4. The number of benzene rings is 1. The van der Waals surface area contributed by atoms with E-state index in [2.05, 4.69) is 0 Å². The number of anilines is 1. The summed E-state index contributed by atoms with van der Waals surface area (Å²) in [5.41, 5.74) is 5.99. The molecule has 1 rings (SSSR count). The molecule has 0 unspecified atom stereocenters. The van der Waals surface area contributed by atoms with E-state index in [0.29, 0.717) is 0 Å². The molecule has 7 heteroatoms. The number of para-hydroxylation sites is 1. The van der Waals surface area contributed by atoms with E-state index in [-0.39, 0.29) is 23.5 Å². The Bertz CT molecular complexity index is 441. The number of ether oxygens (including phenoxy) is 1. The first kappa shape index (κ1) is 15.2. The Morgan fingerprint density at radius 3 is 2.74 bits per heavy atom. The first-order chi connectivity index (χ1) is 9.01. The highest BCUT2D eigenvalue weighted by molar-refractivity contribution is 5.98. The zero-order chi connectivity index (χ0) is 14.4. The Balaban J connectivity index is 3.05. The van der Waals surface area contributed by atoms with Crippen LogP contribution in [0.4, 0.5) is 14.5 Å². The molecule has 106 valence electrons. The second kappa shape index (κ2) is 6.89. The predicted molar refractivity (Wildman–Crippen MR) is 66.4 cm³/mol. The molecule has 19 heavy (non-hydrogen) atoms. The molecule has 0 fully saturated rings. The highest BCUT2D eigenvalue weighted by Crippen LogP contribution is 2.27. The summed E-state index contributed by atoms with van der Waals surface area (Å²) < 4.78 is 29.8. The number of nitrogens with two attached hydrogens (primary N) is 1. The number of nitrogens with zero attached hydrogens (tertiary/aromatic N) is 1. The minimum atomic E-state index is -2.68. The van der Waals surface area contributed by atoms with Crippen LogP contribution >= 0.6 is 0 Å². The van der Waals surface area contributed by atoms with Crippen LogP contribution in [0.5, 0.6) is 5.75 Å². The Labute approximate surface area is 109 Å². The van der Waals surface area contributed by atoms with Gasteiger partial charge in [0.2, 0.25) is 0 Å². The van der Waals surface area contributed by atoms with Crippen LogP contribution in [-0.2, 0) is 0 Å². The van der Waals surface area contributed by atoms with Crippen LogP contribution in [0.2, 0.25) is 0 Å². The lowest BCUT2D eigenvalue weighted by molar-refractivity contribution is 0.0506. The van der Waals surface area contributed by atoms with Gasteiger partial charge >= 0.3 is 0 Å². The maximum Gasteiger partial charge on any atom is 0.257 e. The summed E-state index contributed by atoms with van der Waals surface area (Å²) in [6.07, 6.45) is -2.68. The van der Waals surface area contributed by atoms with Gasteiger partial charge in [0.15, 0.2) is 5.75 Å². The number of alkyl halides is 2. The van der Waals surface area contributed by atoms with Gasteiger partial charge in [0, 0.05) is 6.54 Å². The van der Waals surface area contributed by atoms with Gasteiger partial charge in [-0.1, -0.05) is 6.07 Å². The minimum Gasteiger partial charge on any atom is -0.494 e. The number of nitrogen functional groups attached to an aromatic ring is 1. The number of methoxy groups -OCH3 is 1. The molecule has 0 bridgehead atoms. The highest BCUT2D eigenvalue weighted by atomic mass is 19.3. The van der Waals surface area contributed by atoms with Gasteiger partial charge < -0.3 is 20.5 Å². The van der Waals surface area contributed by atoms with E-state index in [1.807, 2.05) is 0 Å². The number of aliphatic hydroxyl groups excluding tert-OH is 1. The van der Waals surface area contributed by atoms with Gasteiger partial charge in [-0.05, 0) is 12.1 Å². The summed E-state index contributed by atoms with van der Waals surface area (Å²) in [5, 5.41) is 8.83. The zero-order valence-corrected chi connectivity index (χ0v) is 10.5. The average molecular weight is 274 g/mol. The molecule has 0 spiro atoms. The number of aliphatic hydroxyl groups is 1. The van der Waals surface area contributed by atoms with Crippen molar-refractivity contribution < 1.29 is 23.4 Å². The summed E-state index contributed by atoms with van der Waals surface area (Å²) in [6, 6.07) is 4.51. The van der Waals surface area contributed by atoms with Crippen molar-refractivity contribution in [3.8, 4) is 5.75 Å². The molecule has 0 radical (unpaired) electrons. The quantitative estimate of drug-likeness (QED) is 0.758. The molecule has 1 aromatic carbocycles. The topological polar surface area (TPSA) is 75.8 Å². The monoisotopic (exact) mass is 274 g/mol. The molecule has 0 aromatic heterocycles. The number of rotatable bonds is 6. The summed E-state index contributed by atoms with van der Waals surface area (Å²) in [7, 11) is 1.34. The number of hydrogen-bond donors (Lipinski definition) is 2. The molecule has 0 aliphatic rings. The van der Waals surface area contributed by atoms with Crippen molar-refractivity contribution in [1.82, 2.24) is 4.90 Å². The molecule has 5 nitrogen and oxygen atoms in total. The fourth-order valence-corrected chi connectivity index (χ4v) is 1.68. The van der Waals surface area contributed by atoms with Crippen molar-refractivity contribution in [2.24, 2.45) is 0 Å². The number of carbonyl (C=O) groups is 1. The van der Waals surface area contributed by atoms with Crippen molar-refractivity contribution >= 4 is 11.6 Å². The Kier molecular flexibility index (Phi) is 5.50. The molecular formula is C12H16F2N2O3. The van der Waals surface area contributed by atoms with E-state index < -0.39 is 25.5 Å². The van der Waals surface area contributed by atoms with Gasteiger partial charge in [0.05, 0.1) is 31.5 Å². The van der Waals surface area contributed by atoms with Gasteiger partial charge in [-0.15, -0.1) is 0 Å². The van der Waals surface area contributed by atoms with E-state index in [9.17, 15) is 13.6 Å². The van der Waals surface area contributed by atoms with Crippen LogP contribution in [0, 0.1) is 0 Å². The fraction of sp³-hybridized carbons (Fsp3) is 0.417. The van der Waals surface area contributed by atoms with E-state index in [4.69, 9.17) is 15.6 Å². The first-order valence-electron chi connectivity index (χ1n) is 5.62. The molecule has 3 N–H and O–H groups in total. The second-order valence-corrected chi connectivity index (χ2v) is 3.79. The highest BCUT2D eigenvalue weighted by Gasteiger charge is 2.23. The van der Waals surface area contributed by atoms with Crippen molar-refractivity contribution in [3.05, 3.63) is 23.8 Å². The summed E-state index contributed by atoms with van der Waals surface area (Å²) in [5.74, 6) is -0.511. The molecule has 0 heterocycles. The molecule has 0 saturated carbocycles. The van der Waals surface area contributed by atoms with E-state index >= 15 is 0 Å². The summed E-state index contributed by atoms with van der Waals surface area (Å²) in [4.78, 5) is 13.0. The van der Waals surface area contributed by atoms with Gasteiger partial charge in [-0.25, -0.2) is 8.78 Å². The van der Waals surface area contributed by atoms with E-state index in [0.717, 1.165) is 4.90 Å². The van der Waals surface area contributed by atoms with Crippen LogP contribution in [0.15, 0.2) is 18.2 Å². The van der Waals surface area contributed by atoms with Crippen LogP contribution in [0.1, 0.15) is 10.4 Å². The molecule has 0 atom stereocenters. The first-order valence-corrected chi connectivity index (χ1v) is 5.62. The normalized spacial score (nSPS) is 10.6. The van der Waals surface area contributed by atoms with Gasteiger partial charge in [-0.2, -0.15) is 0 Å². The largest absolute Gasteiger partial charge is 0.494 e. The fourth-order valence-electron chi connectivity index (χ4n) is 1.68. The van der Waals surface area contributed by atoms with Crippen molar-refractivity contribution in [1.29, 1.82) is 0 Å². The molecule has 1 aromatic rings. The Hall–Kier alpha value is -1.89. The van der Waals surface area contributed by atoms with Crippen molar-refractivity contribution in [2.45, 2.75) is 6.43 Å². The summed E-state index contributed by atoms with van der Waals surface area (Å²) in [6.45, 7) is -1.33. The van der Waals surface area contributed by atoms with E-state index in [1.54, 1.807) is 6.07 Å². The SMILES string of the molecule is COc1c(N)cccc1C(=O)N(CCO)CC(F)F. The third-order valence-corrected chi connectivity index (χ3v) is 2.50. The number of hydrogen-bond acceptors (Lipinski definition) is 4. The van der Waals surface area contributed by atoms with Gasteiger partial charge in [-0.3, -0.25) is 4.79 Å². The van der Waals surface area contributed by atoms with Crippen LogP contribution < -0.4 is 10.5 Å². The molecule has 0 aliphatic heterocycles. The molecule has 0 saturated heterocycles. The average Bonchev–Trinajstić information content (AvgIpc) is 2.36. The number of amides is 1.